The van der Waals surface area contributed by atoms with Gasteiger partial charge in [-0.05, 0) is 18.6 Å². The molecular weight excluding hydrogens is 314 g/mol. The monoisotopic (exact) mass is 329 g/mol. The number of ketones is 1. The van der Waals surface area contributed by atoms with E-state index in [1.807, 2.05) is 0 Å². The van der Waals surface area contributed by atoms with E-state index in [2.05, 4.69) is 27.3 Å². The summed E-state index contributed by atoms with van der Waals surface area (Å²) in [6.07, 6.45) is 3.16. The minimum atomic E-state index is -0.200. The lowest BCUT2D eigenvalue weighted by molar-refractivity contribution is 0.104. The first kappa shape index (κ1) is 15.4. The molecule has 0 amide bonds. The third-order valence-electron chi connectivity index (χ3n) is 3.47. The van der Waals surface area contributed by atoms with Crippen molar-refractivity contribution in [2.75, 3.05) is 12.4 Å². The Kier molecular flexibility index (Phi) is 4.25. The first-order valence-corrected chi connectivity index (χ1v) is 7.75. The van der Waals surface area contributed by atoms with Gasteiger partial charge in [-0.25, -0.2) is 4.98 Å². The number of halogens is 1. The van der Waals surface area contributed by atoms with Gasteiger partial charge in [0.25, 0.3) is 0 Å². The van der Waals surface area contributed by atoms with Gasteiger partial charge in [0.2, 0.25) is 5.95 Å². The van der Waals surface area contributed by atoms with Crippen molar-refractivity contribution in [1.82, 2.24) is 19.6 Å². The van der Waals surface area contributed by atoms with Crippen molar-refractivity contribution in [3.63, 3.8) is 0 Å². The number of nitrogens with zero attached hydrogens (tertiary/aromatic N) is 4. The second-order valence-electron chi connectivity index (χ2n) is 5.07. The maximum Gasteiger partial charge on any atom is 0.227 e. The summed E-state index contributed by atoms with van der Waals surface area (Å²) in [5.74, 6) is 1.03. The highest BCUT2D eigenvalue weighted by Gasteiger charge is 2.20. The molecule has 0 aliphatic heterocycles. The maximum absolute atomic E-state index is 12.8. The number of nitrogens with one attached hydrogen (secondary N) is 1. The molecule has 7 heteroatoms. The van der Waals surface area contributed by atoms with E-state index in [0.29, 0.717) is 33.6 Å². The van der Waals surface area contributed by atoms with Gasteiger partial charge >= 0.3 is 0 Å². The lowest BCUT2D eigenvalue weighted by atomic mass is 10.1. The third-order valence-corrected chi connectivity index (χ3v) is 3.80. The molecule has 1 aromatic carbocycles. The summed E-state index contributed by atoms with van der Waals surface area (Å²) in [7, 11) is 1.76. The minimum Gasteiger partial charge on any atom is -0.357 e. The lowest BCUT2D eigenvalue weighted by Gasteiger charge is -2.06. The molecule has 0 radical (unpaired) electrons. The number of anilines is 1. The van der Waals surface area contributed by atoms with Gasteiger partial charge in [0.05, 0.1) is 16.8 Å². The van der Waals surface area contributed by atoms with Crippen LogP contribution in [0, 0.1) is 0 Å². The number of fused-ring (bicyclic) bond motifs is 1. The fraction of sp³-hybridized carbons (Fsp3) is 0.250. The maximum atomic E-state index is 12.8. The second-order valence-corrected chi connectivity index (χ2v) is 5.47. The van der Waals surface area contributed by atoms with Gasteiger partial charge in [0.15, 0.2) is 11.4 Å². The van der Waals surface area contributed by atoms with Crippen molar-refractivity contribution in [1.29, 1.82) is 0 Å². The van der Waals surface area contributed by atoms with Crippen molar-refractivity contribution < 1.29 is 4.79 Å². The van der Waals surface area contributed by atoms with Crippen LogP contribution in [0.3, 0.4) is 0 Å². The van der Waals surface area contributed by atoms with Crippen LogP contribution < -0.4 is 5.32 Å². The van der Waals surface area contributed by atoms with Crippen LogP contribution in [0.15, 0.2) is 30.5 Å². The Hall–Kier alpha value is -2.47. The van der Waals surface area contributed by atoms with Crippen LogP contribution in [0.5, 0.6) is 0 Å². The number of hydrogen-bond acceptors (Lipinski definition) is 5. The van der Waals surface area contributed by atoms with E-state index in [-0.39, 0.29) is 5.78 Å². The Morgan fingerprint density at radius 2 is 2.04 bits per heavy atom. The largest absolute Gasteiger partial charge is 0.357 e. The van der Waals surface area contributed by atoms with Crippen molar-refractivity contribution in [3.05, 3.63) is 52.4 Å². The second kappa shape index (κ2) is 6.34. The number of carbonyl (C=O) groups is 1. The molecule has 23 heavy (non-hydrogen) atoms. The summed E-state index contributed by atoms with van der Waals surface area (Å²) in [5, 5.41) is 7.63. The zero-order chi connectivity index (χ0) is 16.4. The zero-order valence-corrected chi connectivity index (χ0v) is 13.6. The highest BCUT2D eigenvalue weighted by molar-refractivity contribution is 6.35. The highest BCUT2D eigenvalue weighted by Crippen LogP contribution is 2.22. The molecule has 0 bridgehead atoms. The van der Waals surface area contributed by atoms with Crippen LogP contribution in [0.25, 0.3) is 5.65 Å². The van der Waals surface area contributed by atoms with Crippen LogP contribution in [0.2, 0.25) is 5.02 Å². The Morgan fingerprint density at radius 3 is 2.74 bits per heavy atom. The van der Waals surface area contributed by atoms with Gasteiger partial charge < -0.3 is 5.32 Å². The van der Waals surface area contributed by atoms with Crippen LogP contribution >= 0.6 is 11.6 Å². The van der Waals surface area contributed by atoms with Crippen molar-refractivity contribution in [2.45, 2.75) is 19.8 Å². The minimum absolute atomic E-state index is 0.200. The number of carbonyl (C=O) groups excluding carboxylic acids is 1. The van der Waals surface area contributed by atoms with Gasteiger partial charge in [0.1, 0.15) is 5.82 Å². The van der Waals surface area contributed by atoms with Gasteiger partial charge in [-0.1, -0.05) is 30.7 Å². The van der Waals surface area contributed by atoms with Crippen molar-refractivity contribution >= 4 is 29.0 Å². The molecule has 1 N–H and O–H groups in total. The third kappa shape index (κ3) is 2.77. The highest BCUT2D eigenvalue weighted by atomic mass is 35.5. The average Bonchev–Trinajstić information content (AvgIpc) is 2.98. The quantitative estimate of drug-likeness (QED) is 0.728. The summed E-state index contributed by atoms with van der Waals surface area (Å²) in [6.45, 7) is 2.05. The molecule has 0 saturated heterocycles. The summed E-state index contributed by atoms with van der Waals surface area (Å²) < 4.78 is 1.53. The molecule has 0 fully saturated rings. The Bertz CT molecular complexity index is 874. The van der Waals surface area contributed by atoms with E-state index in [4.69, 9.17) is 11.6 Å². The molecule has 3 aromatic rings. The SMILES string of the molecule is CCCc1nc(NC)n2ncc(C(=O)c3ccccc3Cl)c2n1. The first-order chi connectivity index (χ1) is 11.2. The van der Waals surface area contributed by atoms with E-state index in [0.717, 1.165) is 12.8 Å². The van der Waals surface area contributed by atoms with Crippen LogP contribution in [0.4, 0.5) is 5.95 Å². The Balaban J connectivity index is 2.16. The molecular formula is C16H16ClN5O. The predicted molar refractivity (Wildman–Crippen MR) is 89.2 cm³/mol. The number of hydrogen-bond donors (Lipinski definition) is 1. The lowest BCUT2D eigenvalue weighted by Crippen LogP contribution is -2.09. The molecule has 0 saturated carbocycles. The fourth-order valence-corrected chi connectivity index (χ4v) is 2.59. The smallest absolute Gasteiger partial charge is 0.227 e. The summed E-state index contributed by atoms with van der Waals surface area (Å²) in [6, 6.07) is 6.95. The summed E-state index contributed by atoms with van der Waals surface area (Å²) >= 11 is 6.13. The van der Waals surface area contributed by atoms with E-state index in [1.165, 1.54) is 10.7 Å². The van der Waals surface area contributed by atoms with Gasteiger partial charge in [-0.3, -0.25) is 4.79 Å². The fourth-order valence-electron chi connectivity index (χ4n) is 2.37. The predicted octanol–water partition coefficient (Wildman–Crippen LogP) is 3.00. The normalized spacial score (nSPS) is 10.9. The van der Waals surface area contributed by atoms with Crippen LogP contribution in [-0.2, 0) is 6.42 Å². The standard InChI is InChI=1S/C16H16ClN5O/c1-3-6-13-20-15-11(9-19-22(15)16(18-2)21-13)14(23)10-7-4-5-8-12(10)17/h4-5,7-9H,3,6H2,1-2H3,(H,18,20,21). The van der Waals surface area contributed by atoms with Crippen LogP contribution in [-0.4, -0.2) is 32.4 Å². The van der Waals surface area contributed by atoms with E-state index < -0.39 is 0 Å². The van der Waals surface area contributed by atoms with E-state index >= 15 is 0 Å². The topological polar surface area (TPSA) is 72.2 Å². The molecule has 0 aliphatic rings. The summed E-state index contributed by atoms with van der Waals surface area (Å²) in [4.78, 5) is 21.7. The van der Waals surface area contributed by atoms with Crippen LogP contribution in [0.1, 0.15) is 35.1 Å². The molecule has 6 nitrogen and oxygen atoms in total. The van der Waals surface area contributed by atoms with E-state index in [9.17, 15) is 4.79 Å². The number of aromatic nitrogens is 4. The van der Waals surface area contributed by atoms with Gasteiger partial charge in [0, 0.05) is 19.0 Å². The van der Waals surface area contributed by atoms with Crippen molar-refractivity contribution in [2.24, 2.45) is 0 Å². The van der Waals surface area contributed by atoms with E-state index in [1.54, 1.807) is 31.3 Å². The molecule has 0 unspecified atom stereocenters. The van der Waals surface area contributed by atoms with Crippen molar-refractivity contribution in [3.8, 4) is 0 Å². The Labute approximate surface area is 138 Å². The molecule has 2 aromatic heterocycles. The van der Waals surface area contributed by atoms with Gasteiger partial charge in [-0.15, -0.1) is 0 Å². The molecule has 118 valence electrons. The molecule has 2 heterocycles. The molecule has 0 spiro atoms. The number of benzene rings is 1. The Morgan fingerprint density at radius 1 is 1.26 bits per heavy atom. The number of aryl methyl sites for hydroxylation is 1. The zero-order valence-electron chi connectivity index (χ0n) is 12.9. The molecule has 0 aliphatic carbocycles. The summed E-state index contributed by atoms with van der Waals surface area (Å²) in [5.41, 5.74) is 1.33. The number of rotatable bonds is 5. The molecule has 0 atom stereocenters. The average molecular weight is 330 g/mol. The first-order valence-electron chi connectivity index (χ1n) is 7.37. The van der Waals surface area contributed by atoms with Gasteiger partial charge in [-0.2, -0.15) is 14.6 Å². The molecule has 3 rings (SSSR count).